The largest absolute Gasteiger partial charge is 0.334 e. The predicted octanol–water partition coefficient (Wildman–Crippen LogP) is 4.43. The van der Waals surface area contributed by atoms with Crippen molar-refractivity contribution in [2.24, 2.45) is 0 Å². The molecule has 1 unspecified atom stereocenters. The maximum Gasteiger partial charge on any atom is 0.325 e. The number of hydrogen-bond donors (Lipinski definition) is 1. The Morgan fingerprint density at radius 1 is 1.03 bits per heavy atom. The van der Waals surface area contributed by atoms with Crippen molar-refractivity contribution in [3.63, 3.8) is 0 Å². The fourth-order valence-corrected chi connectivity index (χ4v) is 4.93. The lowest BCUT2D eigenvalue weighted by molar-refractivity contribution is -0.141. The third-order valence-corrected chi connectivity index (χ3v) is 7.00. The summed E-state index contributed by atoms with van der Waals surface area (Å²) in [5, 5.41) is 2.81. The molecule has 0 aromatic heterocycles. The SMILES string of the molecule is CC1(CCc2ccccc2)NC(=O)N(CC(=O)N(Cc2ccc(F)cc2)C2CCCCC2)C1=O. The van der Waals surface area contributed by atoms with Gasteiger partial charge in [-0.15, -0.1) is 0 Å². The third kappa shape index (κ3) is 5.46. The Morgan fingerprint density at radius 2 is 1.71 bits per heavy atom. The summed E-state index contributed by atoms with van der Waals surface area (Å²) < 4.78 is 13.4. The van der Waals surface area contributed by atoms with Crippen LogP contribution in [0.1, 0.15) is 56.6 Å². The van der Waals surface area contributed by atoms with Gasteiger partial charge in [0, 0.05) is 12.6 Å². The minimum atomic E-state index is -1.04. The number of halogens is 1. The Labute approximate surface area is 200 Å². The molecule has 1 aliphatic heterocycles. The van der Waals surface area contributed by atoms with Crippen molar-refractivity contribution in [1.29, 1.82) is 0 Å². The number of hydrogen-bond acceptors (Lipinski definition) is 3. The standard InChI is InChI=1S/C27H32FN3O3/c1-27(17-16-20-8-4-2-5-9-20)25(33)31(26(34)29-27)19-24(32)30(23-10-6-3-7-11-23)18-21-12-14-22(28)15-13-21/h2,4-5,8-9,12-15,23H,3,6-7,10-11,16-19H2,1H3,(H,29,34). The maximum atomic E-state index is 13.4. The molecule has 2 aromatic carbocycles. The first-order chi connectivity index (χ1) is 16.4. The number of amides is 4. The van der Waals surface area contributed by atoms with Crippen LogP contribution in [0.15, 0.2) is 54.6 Å². The lowest BCUT2D eigenvalue weighted by Gasteiger charge is -2.35. The van der Waals surface area contributed by atoms with Gasteiger partial charge in [0.25, 0.3) is 5.91 Å². The number of urea groups is 1. The zero-order valence-corrected chi connectivity index (χ0v) is 19.6. The molecule has 0 spiro atoms. The van der Waals surface area contributed by atoms with Crippen LogP contribution in [0.25, 0.3) is 0 Å². The van der Waals surface area contributed by atoms with Crippen LogP contribution in [0.5, 0.6) is 0 Å². The van der Waals surface area contributed by atoms with Gasteiger partial charge in [-0.2, -0.15) is 0 Å². The van der Waals surface area contributed by atoms with E-state index in [4.69, 9.17) is 0 Å². The van der Waals surface area contributed by atoms with Crippen molar-refractivity contribution in [3.8, 4) is 0 Å². The van der Waals surface area contributed by atoms with Crippen LogP contribution in [0.2, 0.25) is 0 Å². The molecule has 1 aliphatic carbocycles. The Morgan fingerprint density at radius 3 is 2.38 bits per heavy atom. The van der Waals surface area contributed by atoms with E-state index in [2.05, 4.69) is 5.32 Å². The van der Waals surface area contributed by atoms with E-state index in [1.807, 2.05) is 30.3 Å². The summed E-state index contributed by atoms with van der Waals surface area (Å²) in [5.41, 5.74) is 0.869. The van der Waals surface area contributed by atoms with Crippen LogP contribution in [-0.4, -0.2) is 45.8 Å². The molecule has 1 saturated heterocycles. The van der Waals surface area contributed by atoms with E-state index in [-0.39, 0.29) is 30.2 Å². The molecule has 4 rings (SSSR count). The molecule has 6 nitrogen and oxygen atoms in total. The number of rotatable bonds is 8. The van der Waals surface area contributed by atoms with Crippen molar-refractivity contribution in [2.75, 3.05) is 6.54 Å². The molecule has 2 aliphatic rings. The number of imide groups is 1. The third-order valence-electron chi connectivity index (χ3n) is 7.00. The van der Waals surface area contributed by atoms with Crippen molar-refractivity contribution in [3.05, 3.63) is 71.5 Å². The van der Waals surface area contributed by atoms with Gasteiger partial charge in [0.1, 0.15) is 17.9 Å². The lowest BCUT2D eigenvalue weighted by Crippen LogP contribution is -2.48. The first-order valence-electron chi connectivity index (χ1n) is 12.1. The van der Waals surface area contributed by atoms with Gasteiger partial charge >= 0.3 is 6.03 Å². The normalized spacial score (nSPS) is 20.9. The van der Waals surface area contributed by atoms with Crippen molar-refractivity contribution in [2.45, 2.75) is 70.0 Å². The first kappa shape index (κ1) is 23.9. The number of aryl methyl sites for hydroxylation is 1. The average molecular weight is 466 g/mol. The summed E-state index contributed by atoms with van der Waals surface area (Å²) in [4.78, 5) is 42.2. The highest BCUT2D eigenvalue weighted by Gasteiger charge is 2.48. The van der Waals surface area contributed by atoms with Crippen LogP contribution in [0, 0.1) is 5.82 Å². The number of carbonyl (C=O) groups is 3. The van der Waals surface area contributed by atoms with Gasteiger partial charge in [-0.3, -0.25) is 14.5 Å². The molecule has 2 aromatic rings. The molecule has 1 heterocycles. The van der Waals surface area contributed by atoms with Crippen LogP contribution < -0.4 is 5.32 Å². The van der Waals surface area contributed by atoms with Crippen molar-refractivity contribution >= 4 is 17.8 Å². The molecule has 0 bridgehead atoms. The van der Waals surface area contributed by atoms with E-state index in [1.54, 1.807) is 24.0 Å². The molecule has 1 atom stereocenters. The number of nitrogens with one attached hydrogen (secondary N) is 1. The number of nitrogens with zero attached hydrogens (tertiary/aromatic N) is 2. The van der Waals surface area contributed by atoms with E-state index >= 15 is 0 Å². The summed E-state index contributed by atoms with van der Waals surface area (Å²) in [6, 6.07) is 15.4. The second-order valence-corrected chi connectivity index (χ2v) is 9.58. The summed E-state index contributed by atoms with van der Waals surface area (Å²) in [7, 11) is 0. The van der Waals surface area contributed by atoms with Gasteiger partial charge in [0.15, 0.2) is 0 Å². The fraction of sp³-hybridized carbons (Fsp3) is 0.444. The first-order valence-corrected chi connectivity index (χ1v) is 12.1. The Kier molecular flexibility index (Phi) is 7.29. The lowest BCUT2D eigenvalue weighted by atomic mass is 9.93. The predicted molar refractivity (Wildman–Crippen MR) is 127 cm³/mol. The molecule has 0 radical (unpaired) electrons. The Bertz CT molecular complexity index is 1020. The highest BCUT2D eigenvalue weighted by molar-refractivity contribution is 6.08. The monoisotopic (exact) mass is 465 g/mol. The Balaban J connectivity index is 1.45. The zero-order chi connectivity index (χ0) is 24.1. The van der Waals surface area contributed by atoms with Gasteiger partial charge in [0.2, 0.25) is 5.91 Å². The quantitative estimate of drug-likeness (QED) is 0.587. The van der Waals surface area contributed by atoms with Gasteiger partial charge < -0.3 is 10.2 Å². The summed E-state index contributed by atoms with van der Waals surface area (Å²) >= 11 is 0. The fourth-order valence-electron chi connectivity index (χ4n) is 4.93. The summed E-state index contributed by atoms with van der Waals surface area (Å²) in [6.07, 6.45) is 6.10. The molecule has 1 saturated carbocycles. The van der Waals surface area contributed by atoms with Crippen LogP contribution in [-0.2, 0) is 22.6 Å². The molecule has 34 heavy (non-hydrogen) atoms. The van der Waals surface area contributed by atoms with E-state index in [0.717, 1.165) is 48.1 Å². The second kappa shape index (κ2) is 10.4. The Hall–Kier alpha value is -3.22. The van der Waals surface area contributed by atoms with Crippen molar-refractivity contribution in [1.82, 2.24) is 15.1 Å². The number of benzene rings is 2. The average Bonchev–Trinajstić information content (AvgIpc) is 3.06. The molecular formula is C27H32FN3O3. The van der Waals surface area contributed by atoms with E-state index in [0.29, 0.717) is 19.4 Å². The molecular weight excluding hydrogens is 433 g/mol. The minimum Gasteiger partial charge on any atom is -0.334 e. The summed E-state index contributed by atoms with van der Waals surface area (Å²) in [5.74, 6) is -0.951. The van der Waals surface area contributed by atoms with Gasteiger partial charge in [-0.1, -0.05) is 61.7 Å². The molecule has 2 fully saturated rings. The van der Waals surface area contributed by atoms with Gasteiger partial charge in [0.05, 0.1) is 0 Å². The molecule has 4 amide bonds. The maximum absolute atomic E-state index is 13.4. The highest BCUT2D eigenvalue weighted by Crippen LogP contribution is 2.27. The molecule has 7 heteroatoms. The topological polar surface area (TPSA) is 69.7 Å². The second-order valence-electron chi connectivity index (χ2n) is 9.58. The van der Waals surface area contributed by atoms with Gasteiger partial charge in [-0.05, 0) is 55.9 Å². The summed E-state index contributed by atoms with van der Waals surface area (Å²) in [6.45, 7) is 1.76. The zero-order valence-electron chi connectivity index (χ0n) is 19.6. The smallest absolute Gasteiger partial charge is 0.325 e. The van der Waals surface area contributed by atoms with Crippen molar-refractivity contribution < 1.29 is 18.8 Å². The molecule has 1 N–H and O–H groups in total. The van der Waals surface area contributed by atoms with Crippen LogP contribution in [0.3, 0.4) is 0 Å². The van der Waals surface area contributed by atoms with Gasteiger partial charge in [-0.25, -0.2) is 9.18 Å². The van der Waals surface area contributed by atoms with Crippen LogP contribution in [0.4, 0.5) is 9.18 Å². The molecule has 180 valence electrons. The minimum absolute atomic E-state index is 0.0523. The van der Waals surface area contributed by atoms with E-state index < -0.39 is 11.6 Å². The van der Waals surface area contributed by atoms with E-state index in [9.17, 15) is 18.8 Å². The number of carbonyl (C=O) groups excluding carboxylic acids is 3. The highest BCUT2D eigenvalue weighted by atomic mass is 19.1. The van der Waals surface area contributed by atoms with E-state index in [1.165, 1.54) is 12.1 Å². The van der Waals surface area contributed by atoms with Crippen LogP contribution >= 0.6 is 0 Å².